The van der Waals surface area contributed by atoms with Crippen molar-refractivity contribution in [2.24, 2.45) is 0 Å². The third kappa shape index (κ3) is 3.10. The predicted octanol–water partition coefficient (Wildman–Crippen LogP) is 4.54. The molecule has 0 saturated carbocycles. The molecular weight excluding hydrogens is 226 g/mol. The number of anilines is 1. The van der Waals surface area contributed by atoms with Gasteiger partial charge in [-0.3, -0.25) is 0 Å². The summed E-state index contributed by atoms with van der Waals surface area (Å²) < 4.78 is 0. The molecule has 0 bridgehead atoms. The van der Waals surface area contributed by atoms with E-state index in [1.165, 1.54) is 26.6 Å². The number of benzene rings is 1. The Morgan fingerprint density at radius 2 is 1.82 bits per heavy atom. The number of hydrogen-bond acceptors (Lipinski definition) is 2. The second-order valence-corrected chi connectivity index (χ2v) is 5.80. The molecule has 0 radical (unpaired) electrons. The maximum Gasteiger partial charge on any atom is 0.0411 e. The molecule has 1 aromatic heterocycles. The summed E-state index contributed by atoms with van der Waals surface area (Å²) >= 11 is 1.87. The molecule has 0 amide bonds. The fourth-order valence-corrected chi connectivity index (χ4v) is 2.86. The van der Waals surface area contributed by atoms with Gasteiger partial charge >= 0.3 is 0 Å². The summed E-state index contributed by atoms with van der Waals surface area (Å²) in [6.45, 7) is 7.45. The van der Waals surface area contributed by atoms with E-state index in [2.05, 4.69) is 56.4 Å². The van der Waals surface area contributed by atoms with E-state index in [0.29, 0.717) is 0 Å². The summed E-state index contributed by atoms with van der Waals surface area (Å²) in [6.07, 6.45) is 1.10. The van der Waals surface area contributed by atoms with Crippen LogP contribution in [0.4, 0.5) is 5.69 Å². The van der Waals surface area contributed by atoms with Gasteiger partial charge in [0.05, 0.1) is 0 Å². The van der Waals surface area contributed by atoms with Crippen LogP contribution in [0.5, 0.6) is 0 Å². The van der Waals surface area contributed by atoms with Crippen molar-refractivity contribution in [3.8, 4) is 0 Å². The number of aryl methyl sites for hydroxylation is 3. The summed E-state index contributed by atoms with van der Waals surface area (Å²) in [5.74, 6) is 0. The minimum atomic E-state index is 0.918. The Kier molecular flexibility index (Phi) is 3.85. The average Bonchev–Trinajstić information content (AvgIpc) is 2.66. The van der Waals surface area contributed by atoms with Gasteiger partial charge in [-0.15, -0.1) is 11.3 Å². The first-order chi connectivity index (χ1) is 8.19. The van der Waals surface area contributed by atoms with Gasteiger partial charge < -0.3 is 5.32 Å². The molecule has 0 spiro atoms. The van der Waals surface area contributed by atoms with E-state index in [-0.39, 0.29) is 0 Å². The van der Waals surface area contributed by atoms with Crippen LogP contribution in [0.2, 0.25) is 0 Å². The second kappa shape index (κ2) is 5.37. The van der Waals surface area contributed by atoms with Gasteiger partial charge in [0, 0.05) is 22.0 Å². The van der Waals surface area contributed by atoms with Gasteiger partial charge in [-0.2, -0.15) is 0 Å². The zero-order valence-electron chi connectivity index (χ0n) is 10.7. The lowest BCUT2D eigenvalue weighted by molar-refractivity contribution is 1.12. The smallest absolute Gasteiger partial charge is 0.0411 e. The third-order valence-corrected chi connectivity index (χ3v) is 4.00. The Labute approximate surface area is 108 Å². The van der Waals surface area contributed by atoms with Gasteiger partial charge in [0.25, 0.3) is 0 Å². The molecule has 0 atom stereocenters. The molecule has 90 valence electrons. The average molecular weight is 245 g/mol. The molecule has 2 rings (SSSR count). The maximum absolute atomic E-state index is 3.47. The van der Waals surface area contributed by atoms with Crippen LogP contribution in [0.3, 0.4) is 0 Å². The highest BCUT2D eigenvalue weighted by Crippen LogP contribution is 2.21. The van der Waals surface area contributed by atoms with Crippen molar-refractivity contribution in [3.05, 3.63) is 51.2 Å². The first kappa shape index (κ1) is 12.2. The van der Waals surface area contributed by atoms with E-state index in [1.54, 1.807) is 0 Å². The Morgan fingerprint density at radius 3 is 2.35 bits per heavy atom. The zero-order valence-corrected chi connectivity index (χ0v) is 11.5. The van der Waals surface area contributed by atoms with Crippen molar-refractivity contribution in [1.82, 2.24) is 0 Å². The molecule has 0 aliphatic heterocycles. The van der Waals surface area contributed by atoms with Crippen LogP contribution >= 0.6 is 11.3 Å². The van der Waals surface area contributed by atoms with E-state index in [1.807, 2.05) is 11.3 Å². The maximum atomic E-state index is 3.47. The SMILES string of the molecule is CCc1ccc(NCc2cc(C)sc2C)cc1. The van der Waals surface area contributed by atoms with Crippen molar-refractivity contribution in [2.45, 2.75) is 33.7 Å². The molecule has 1 N–H and O–H groups in total. The van der Waals surface area contributed by atoms with Gasteiger partial charge in [0.15, 0.2) is 0 Å². The molecule has 17 heavy (non-hydrogen) atoms. The van der Waals surface area contributed by atoms with Crippen LogP contribution in [-0.2, 0) is 13.0 Å². The van der Waals surface area contributed by atoms with Crippen LogP contribution < -0.4 is 5.32 Å². The van der Waals surface area contributed by atoms with Crippen molar-refractivity contribution < 1.29 is 0 Å². The lowest BCUT2D eigenvalue weighted by atomic mass is 10.1. The quantitative estimate of drug-likeness (QED) is 0.834. The minimum Gasteiger partial charge on any atom is -0.381 e. The largest absolute Gasteiger partial charge is 0.381 e. The van der Waals surface area contributed by atoms with Gasteiger partial charge in [-0.1, -0.05) is 19.1 Å². The highest BCUT2D eigenvalue weighted by atomic mass is 32.1. The van der Waals surface area contributed by atoms with Crippen LogP contribution in [0.25, 0.3) is 0 Å². The van der Waals surface area contributed by atoms with Crippen LogP contribution in [0, 0.1) is 13.8 Å². The standard InChI is InChI=1S/C15H19NS/c1-4-13-5-7-15(8-6-13)16-10-14-9-11(2)17-12(14)3/h5-9,16H,4,10H2,1-3H3. The summed E-state index contributed by atoms with van der Waals surface area (Å²) in [5, 5.41) is 3.47. The van der Waals surface area contributed by atoms with Crippen LogP contribution in [0.1, 0.15) is 27.8 Å². The zero-order chi connectivity index (χ0) is 12.3. The van der Waals surface area contributed by atoms with E-state index in [0.717, 1.165) is 13.0 Å². The van der Waals surface area contributed by atoms with Gasteiger partial charge in [-0.25, -0.2) is 0 Å². The monoisotopic (exact) mass is 245 g/mol. The van der Waals surface area contributed by atoms with Crippen molar-refractivity contribution in [3.63, 3.8) is 0 Å². The molecular formula is C15H19NS. The van der Waals surface area contributed by atoms with E-state index in [9.17, 15) is 0 Å². The molecule has 1 heterocycles. The molecule has 0 fully saturated rings. The lowest BCUT2D eigenvalue weighted by Crippen LogP contribution is -1.99. The first-order valence-electron chi connectivity index (χ1n) is 6.07. The van der Waals surface area contributed by atoms with E-state index >= 15 is 0 Å². The summed E-state index contributed by atoms with van der Waals surface area (Å²) in [4.78, 5) is 2.81. The Hall–Kier alpha value is -1.28. The second-order valence-electron chi connectivity index (χ2n) is 4.34. The van der Waals surface area contributed by atoms with Crippen LogP contribution in [-0.4, -0.2) is 0 Å². The van der Waals surface area contributed by atoms with E-state index in [4.69, 9.17) is 0 Å². The van der Waals surface area contributed by atoms with Gasteiger partial charge in [-0.05, 0) is 49.6 Å². The van der Waals surface area contributed by atoms with Crippen molar-refractivity contribution in [1.29, 1.82) is 0 Å². The summed E-state index contributed by atoms with van der Waals surface area (Å²) in [7, 11) is 0. The predicted molar refractivity (Wildman–Crippen MR) is 76.9 cm³/mol. The van der Waals surface area contributed by atoms with Crippen molar-refractivity contribution in [2.75, 3.05) is 5.32 Å². The Balaban J connectivity index is 1.99. The minimum absolute atomic E-state index is 0.918. The van der Waals surface area contributed by atoms with Gasteiger partial charge in [0.1, 0.15) is 0 Å². The topological polar surface area (TPSA) is 12.0 Å². The van der Waals surface area contributed by atoms with Gasteiger partial charge in [0.2, 0.25) is 0 Å². The number of rotatable bonds is 4. The number of nitrogens with one attached hydrogen (secondary N) is 1. The fraction of sp³-hybridized carbons (Fsp3) is 0.333. The Morgan fingerprint density at radius 1 is 1.12 bits per heavy atom. The molecule has 0 saturated heterocycles. The highest BCUT2D eigenvalue weighted by molar-refractivity contribution is 7.12. The summed E-state index contributed by atoms with van der Waals surface area (Å²) in [6, 6.07) is 11.0. The molecule has 0 unspecified atom stereocenters. The number of thiophene rings is 1. The highest BCUT2D eigenvalue weighted by Gasteiger charge is 2.02. The fourth-order valence-electron chi connectivity index (χ4n) is 1.91. The normalized spacial score (nSPS) is 10.5. The molecule has 2 heteroatoms. The van der Waals surface area contributed by atoms with E-state index < -0.39 is 0 Å². The first-order valence-corrected chi connectivity index (χ1v) is 6.89. The summed E-state index contributed by atoms with van der Waals surface area (Å²) in [5.41, 5.74) is 4.00. The van der Waals surface area contributed by atoms with Crippen LogP contribution in [0.15, 0.2) is 30.3 Å². The molecule has 0 aliphatic carbocycles. The Bertz CT molecular complexity index is 482. The number of hydrogen-bond donors (Lipinski definition) is 1. The lowest BCUT2D eigenvalue weighted by Gasteiger charge is -2.06. The molecule has 0 aliphatic rings. The van der Waals surface area contributed by atoms with Crippen molar-refractivity contribution >= 4 is 17.0 Å². The third-order valence-electron chi connectivity index (χ3n) is 2.99. The molecule has 1 nitrogen and oxygen atoms in total. The molecule has 2 aromatic rings. The molecule has 1 aromatic carbocycles.